The second-order valence-corrected chi connectivity index (χ2v) is 5.58. The summed E-state index contributed by atoms with van der Waals surface area (Å²) in [6.07, 6.45) is 0.651. The highest BCUT2D eigenvalue weighted by atomic mass is 32.2. The van der Waals surface area contributed by atoms with Crippen LogP contribution in [-0.4, -0.2) is 17.7 Å². The average Bonchev–Trinajstić information content (AvgIpc) is 2.49. The summed E-state index contributed by atoms with van der Waals surface area (Å²) in [6, 6.07) is 19.0. The van der Waals surface area contributed by atoms with Gasteiger partial charge in [0.15, 0.2) is 0 Å². The van der Waals surface area contributed by atoms with Crippen LogP contribution < -0.4 is 11.1 Å². The molecule has 0 fully saturated rings. The molecule has 104 valence electrons. The monoisotopic (exact) mass is 286 g/mol. The van der Waals surface area contributed by atoms with E-state index in [4.69, 9.17) is 5.73 Å². The first-order valence-electron chi connectivity index (χ1n) is 6.55. The van der Waals surface area contributed by atoms with Crippen molar-refractivity contribution in [3.8, 4) is 0 Å². The van der Waals surface area contributed by atoms with E-state index in [-0.39, 0.29) is 5.91 Å². The molecule has 0 aliphatic carbocycles. The Morgan fingerprint density at radius 2 is 1.65 bits per heavy atom. The summed E-state index contributed by atoms with van der Waals surface area (Å²) in [7, 11) is 0. The number of carbonyl (C=O) groups excluding carboxylic acids is 1. The van der Waals surface area contributed by atoms with E-state index in [1.54, 1.807) is 11.8 Å². The van der Waals surface area contributed by atoms with E-state index in [1.165, 1.54) is 4.90 Å². The van der Waals surface area contributed by atoms with Crippen LogP contribution in [0.3, 0.4) is 0 Å². The van der Waals surface area contributed by atoms with Gasteiger partial charge in [0.25, 0.3) is 0 Å². The lowest BCUT2D eigenvalue weighted by atomic mass is 10.2. The van der Waals surface area contributed by atoms with E-state index in [0.29, 0.717) is 6.42 Å². The minimum atomic E-state index is -0.480. The summed E-state index contributed by atoms with van der Waals surface area (Å²) >= 11 is 1.71. The van der Waals surface area contributed by atoms with Crippen LogP contribution in [0.4, 0.5) is 5.69 Å². The number of hydrogen-bond acceptors (Lipinski definition) is 3. The van der Waals surface area contributed by atoms with Gasteiger partial charge < -0.3 is 11.1 Å². The number of hydrogen-bond donors (Lipinski definition) is 2. The highest BCUT2D eigenvalue weighted by molar-refractivity contribution is 7.99. The Kier molecular flexibility index (Phi) is 5.65. The smallest absolute Gasteiger partial charge is 0.241 e. The van der Waals surface area contributed by atoms with Crippen LogP contribution in [0.15, 0.2) is 65.6 Å². The summed E-state index contributed by atoms with van der Waals surface area (Å²) in [5, 5.41) is 2.82. The number of nitrogens with two attached hydrogens (primary N) is 1. The Bertz CT molecular complexity index is 531. The molecule has 1 amide bonds. The average molecular weight is 286 g/mol. The molecule has 0 aromatic heterocycles. The van der Waals surface area contributed by atoms with E-state index in [9.17, 15) is 4.79 Å². The second-order valence-electron chi connectivity index (χ2n) is 4.41. The van der Waals surface area contributed by atoms with Gasteiger partial charge in [0.1, 0.15) is 0 Å². The zero-order valence-corrected chi connectivity index (χ0v) is 12.0. The molecular weight excluding hydrogens is 268 g/mol. The number of carbonyl (C=O) groups is 1. The molecule has 2 aromatic rings. The van der Waals surface area contributed by atoms with E-state index in [2.05, 4.69) is 17.4 Å². The molecule has 4 heteroatoms. The van der Waals surface area contributed by atoms with E-state index >= 15 is 0 Å². The molecule has 3 nitrogen and oxygen atoms in total. The van der Waals surface area contributed by atoms with Gasteiger partial charge in [-0.3, -0.25) is 4.79 Å². The molecule has 0 spiro atoms. The molecule has 3 N–H and O–H groups in total. The maximum atomic E-state index is 11.9. The Morgan fingerprint density at radius 1 is 1.05 bits per heavy atom. The molecule has 20 heavy (non-hydrogen) atoms. The van der Waals surface area contributed by atoms with Crippen LogP contribution in [0.1, 0.15) is 6.42 Å². The standard InChI is InChI=1S/C16H18N2OS/c17-15(11-12-20-14-9-5-2-6-10-14)16(19)18-13-7-3-1-4-8-13/h1-10,15H,11-12,17H2,(H,18,19). The van der Waals surface area contributed by atoms with Gasteiger partial charge in [0, 0.05) is 10.6 Å². The largest absolute Gasteiger partial charge is 0.325 e. The third-order valence-corrected chi connectivity index (χ3v) is 3.86. The number of thioether (sulfide) groups is 1. The lowest BCUT2D eigenvalue weighted by Gasteiger charge is -2.12. The molecule has 1 unspecified atom stereocenters. The predicted octanol–water partition coefficient (Wildman–Crippen LogP) is 3.13. The summed E-state index contributed by atoms with van der Waals surface area (Å²) in [6.45, 7) is 0. The molecule has 0 aliphatic rings. The fourth-order valence-electron chi connectivity index (χ4n) is 1.71. The maximum Gasteiger partial charge on any atom is 0.241 e. The van der Waals surface area contributed by atoms with Crippen molar-refractivity contribution in [3.63, 3.8) is 0 Å². The number of rotatable bonds is 6. The molecule has 0 heterocycles. The van der Waals surface area contributed by atoms with Crippen molar-refractivity contribution >= 4 is 23.4 Å². The fourth-order valence-corrected chi connectivity index (χ4v) is 2.67. The van der Waals surface area contributed by atoms with Crippen molar-refractivity contribution in [2.45, 2.75) is 17.4 Å². The molecule has 2 rings (SSSR count). The van der Waals surface area contributed by atoms with E-state index in [1.807, 2.05) is 48.5 Å². The number of amides is 1. The number of anilines is 1. The molecule has 0 radical (unpaired) electrons. The first kappa shape index (κ1) is 14.6. The van der Waals surface area contributed by atoms with E-state index in [0.717, 1.165) is 11.4 Å². The number of para-hydroxylation sites is 1. The topological polar surface area (TPSA) is 55.1 Å². The number of nitrogens with one attached hydrogen (secondary N) is 1. The Labute approximate surface area is 123 Å². The van der Waals surface area contributed by atoms with Gasteiger partial charge in [-0.05, 0) is 36.4 Å². The summed E-state index contributed by atoms with van der Waals surface area (Å²) in [4.78, 5) is 13.1. The highest BCUT2D eigenvalue weighted by Gasteiger charge is 2.13. The van der Waals surface area contributed by atoms with Crippen LogP contribution in [0.25, 0.3) is 0 Å². The van der Waals surface area contributed by atoms with Crippen molar-refractivity contribution in [2.75, 3.05) is 11.1 Å². The minimum Gasteiger partial charge on any atom is -0.325 e. The second kappa shape index (κ2) is 7.72. The molecule has 0 aliphatic heterocycles. The molecule has 2 aromatic carbocycles. The first-order valence-corrected chi connectivity index (χ1v) is 7.53. The Morgan fingerprint density at radius 3 is 2.30 bits per heavy atom. The predicted molar refractivity (Wildman–Crippen MR) is 84.8 cm³/mol. The van der Waals surface area contributed by atoms with Crippen LogP contribution in [0.5, 0.6) is 0 Å². The van der Waals surface area contributed by atoms with Crippen LogP contribution in [0, 0.1) is 0 Å². The summed E-state index contributed by atoms with van der Waals surface area (Å²) in [5.74, 6) is 0.692. The van der Waals surface area contributed by atoms with Gasteiger partial charge in [-0.25, -0.2) is 0 Å². The zero-order chi connectivity index (χ0) is 14.2. The Hall–Kier alpha value is -1.78. The summed E-state index contributed by atoms with van der Waals surface area (Å²) < 4.78 is 0. The minimum absolute atomic E-state index is 0.134. The number of benzene rings is 2. The molecule has 0 saturated heterocycles. The lowest BCUT2D eigenvalue weighted by molar-refractivity contribution is -0.117. The molecule has 1 atom stereocenters. The van der Waals surface area contributed by atoms with Gasteiger partial charge in [0.2, 0.25) is 5.91 Å². The van der Waals surface area contributed by atoms with Crippen molar-refractivity contribution in [1.82, 2.24) is 0 Å². The molecule has 0 bridgehead atoms. The normalized spacial score (nSPS) is 11.8. The van der Waals surface area contributed by atoms with Crippen molar-refractivity contribution in [1.29, 1.82) is 0 Å². The third-order valence-electron chi connectivity index (χ3n) is 2.82. The van der Waals surface area contributed by atoms with Crippen LogP contribution in [-0.2, 0) is 4.79 Å². The van der Waals surface area contributed by atoms with Crippen molar-refractivity contribution in [3.05, 3.63) is 60.7 Å². The first-order chi connectivity index (χ1) is 9.75. The van der Waals surface area contributed by atoms with Gasteiger partial charge in [0.05, 0.1) is 6.04 Å². The fraction of sp³-hybridized carbons (Fsp3) is 0.188. The summed E-state index contributed by atoms with van der Waals surface area (Å²) in [5.41, 5.74) is 6.69. The Balaban J connectivity index is 1.74. The van der Waals surface area contributed by atoms with Gasteiger partial charge in [-0.2, -0.15) is 0 Å². The van der Waals surface area contributed by atoms with Gasteiger partial charge in [-0.1, -0.05) is 36.4 Å². The highest BCUT2D eigenvalue weighted by Crippen LogP contribution is 2.18. The quantitative estimate of drug-likeness (QED) is 0.802. The van der Waals surface area contributed by atoms with Gasteiger partial charge in [-0.15, -0.1) is 11.8 Å². The lowest BCUT2D eigenvalue weighted by Crippen LogP contribution is -2.36. The zero-order valence-electron chi connectivity index (χ0n) is 11.2. The van der Waals surface area contributed by atoms with E-state index < -0.39 is 6.04 Å². The van der Waals surface area contributed by atoms with Crippen LogP contribution >= 0.6 is 11.8 Å². The SMILES string of the molecule is NC(CCSc1ccccc1)C(=O)Nc1ccccc1. The molecule has 0 saturated carbocycles. The van der Waals surface area contributed by atoms with Gasteiger partial charge >= 0.3 is 0 Å². The van der Waals surface area contributed by atoms with Crippen molar-refractivity contribution < 1.29 is 4.79 Å². The molecular formula is C16H18N2OS. The third kappa shape index (κ3) is 4.72. The van der Waals surface area contributed by atoms with Crippen LogP contribution in [0.2, 0.25) is 0 Å². The van der Waals surface area contributed by atoms with Crippen molar-refractivity contribution in [2.24, 2.45) is 5.73 Å². The maximum absolute atomic E-state index is 11.9.